The van der Waals surface area contributed by atoms with E-state index in [2.05, 4.69) is 23.2 Å². The number of halogens is 1. The molecule has 0 unspecified atom stereocenters. The summed E-state index contributed by atoms with van der Waals surface area (Å²) in [6.07, 6.45) is 1.57. The highest BCUT2D eigenvalue weighted by Gasteiger charge is 2.19. The Labute approximate surface area is 79.5 Å². The van der Waals surface area contributed by atoms with Crippen LogP contribution >= 0.6 is 34.9 Å². The van der Waals surface area contributed by atoms with Gasteiger partial charge in [0.25, 0.3) is 0 Å². The normalized spacial score (nSPS) is 11.9. The average molecular weight is 209 g/mol. The van der Waals surface area contributed by atoms with Crippen molar-refractivity contribution in [3.8, 4) is 0 Å². The number of hydrogen-bond donors (Lipinski definition) is 0. The molecule has 11 heavy (non-hydrogen) atoms. The van der Waals surface area contributed by atoms with E-state index in [1.54, 1.807) is 18.1 Å². The Morgan fingerprint density at radius 3 is 2.91 bits per heavy atom. The van der Waals surface area contributed by atoms with E-state index in [1.165, 1.54) is 11.5 Å². The van der Waals surface area contributed by atoms with Gasteiger partial charge in [0.05, 0.1) is 0 Å². The number of aromatic nitrogens is 2. The van der Waals surface area contributed by atoms with E-state index in [-0.39, 0.29) is 4.75 Å². The number of alkyl halides is 1. The molecule has 0 aliphatic heterocycles. The lowest BCUT2D eigenvalue weighted by atomic mass is 10.2. The molecule has 1 aromatic heterocycles. The Bertz CT molecular complexity index is 210. The van der Waals surface area contributed by atoms with Gasteiger partial charge in [-0.05, 0) is 25.4 Å². The predicted octanol–water partition coefficient (Wildman–Crippen LogP) is 2.65. The van der Waals surface area contributed by atoms with Gasteiger partial charge in [0.2, 0.25) is 0 Å². The molecule has 5 heteroatoms. The minimum absolute atomic E-state index is 0.0566. The molecule has 1 aromatic rings. The maximum Gasteiger partial charge on any atom is 0.170 e. The molecule has 0 fully saturated rings. The monoisotopic (exact) mass is 208 g/mol. The Hall–Kier alpha value is 0.200. The van der Waals surface area contributed by atoms with Crippen molar-refractivity contribution in [1.82, 2.24) is 9.36 Å². The van der Waals surface area contributed by atoms with Crippen molar-refractivity contribution in [2.24, 2.45) is 0 Å². The molecule has 1 rings (SSSR count). The number of thioether (sulfide) groups is 1. The third-order valence-electron chi connectivity index (χ3n) is 1.03. The minimum Gasteiger partial charge on any atom is -0.216 e. The highest BCUT2D eigenvalue weighted by Crippen LogP contribution is 2.33. The summed E-state index contributed by atoms with van der Waals surface area (Å²) in [6.45, 7) is 4.18. The van der Waals surface area contributed by atoms with Crippen LogP contribution in [0, 0.1) is 0 Å². The van der Waals surface area contributed by atoms with Crippen LogP contribution in [0.4, 0.5) is 0 Å². The van der Waals surface area contributed by atoms with Crippen LogP contribution < -0.4 is 0 Å². The van der Waals surface area contributed by atoms with E-state index in [4.69, 9.17) is 11.6 Å². The first-order chi connectivity index (χ1) is 5.14. The Morgan fingerprint density at radius 1 is 1.73 bits per heavy atom. The van der Waals surface area contributed by atoms with Crippen molar-refractivity contribution < 1.29 is 0 Å². The van der Waals surface area contributed by atoms with Gasteiger partial charge in [-0.2, -0.15) is 4.37 Å². The maximum atomic E-state index is 5.75. The van der Waals surface area contributed by atoms with Gasteiger partial charge in [0.1, 0.15) is 6.33 Å². The zero-order valence-corrected chi connectivity index (χ0v) is 8.76. The number of nitrogens with zero attached hydrogens (tertiary/aromatic N) is 2. The second-order valence-corrected chi connectivity index (χ2v) is 5.70. The van der Waals surface area contributed by atoms with Gasteiger partial charge in [0, 0.05) is 10.6 Å². The Balaban J connectivity index is 2.56. The third-order valence-corrected chi connectivity index (χ3v) is 3.76. The van der Waals surface area contributed by atoms with Crippen molar-refractivity contribution in [2.75, 3.05) is 5.88 Å². The number of hydrogen-bond acceptors (Lipinski definition) is 4. The van der Waals surface area contributed by atoms with Gasteiger partial charge in [-0.1, -0.05) is 11.8 Å². The zero-order chi connectivity index (χ0) is 8.32. The number of rotatable bonds is 3. The fraction of sp³-hybridized carbons (Fsp3) is 0.667. The SMILES string of the molecule is CC(C)(CCl)Sc1ncns1. The lowest BCUT2D eigenvalue weighted by Crippen LogP contribution is -2.15. The van der Waals surface area contributed by atoms with Crippen LogP contribution in [0.3, 0.4) is 0 Å². The summed E-state index contributed by atoms with van der Waals surface area (Å²) in [7, 11) is 0. The van der Waals surface area contributed by atoms with Gasteiger partial charge < -0.3 is 0 Å². The Kier molecular flexibility index (Phi) is 3.16. The summed E-state index contributed by atoms with van der Waals surface area (Å²) in [4.78, 5) is 4.06. The van der Waals surface area contributed by atoms with Crippen LogP contribution in [0.15, 0.2) is 10.7 Å². The largest absolute Gasteiger partial charge is 0.216 e. The molecular formula is C6H9ClN2S2. The molecule has 62 valence electrons. The highest BCUT2D eigenvalue weighted by molar-refractivity contribution is 8.02. The van der Waals surface area contributed by atoms with Crippen molar-refractivity contribution in [3.63, 3.8) is 0 Å². The molecule has 2 nitrogen and oxygen atoms in total. The van der Waals surface area contributed by atoms with E-state index >= 15 is 0 Å². The summed E-state index contributed by atoms with van der Waals surface area (Å²) in [5.74, 6) is 0.622. The van der Waals surface area contributed by atoms with Gasteiger partial charge in [-0.3, -0.25) is 0 Å². The molecule has 0 aliphatic carbocycles. The topological polar surface area (TPSA) is 25.8 Å². The molecule has 0 aliphatic rings. The molecule has 0 aromatic carbocycles. The fourth-order valence-electron chi connectivity index (χ4n) is 0.472. The van der Waals surface area contributed by atoms with E-state index in [0.29, 0.717) is 5.88 Å². The van der Waals surface area contributed by atoms with Crippen LogP contribution in [-0.4, -0.2) is 20.0 Å². The standard InChI is InChI=1S/C6H9ClN2S2/c1-6(2,3-7)10-5-8-4-9-11-5/h4H,3H2,1-2H3. The second-order valence-electron chi connectivity index (χ2n) is 2.70. The quantitative estimate of drug-likeness (QED) is 0.564. The van der Waals surface area contributed by atoms with Crippen molar-refractivity contribution >= 4 is 34.9 Å². The molecule has 0 atom stereocenters. The molecular weight excluding hydrogens is 200 g/mol. The maximum absolute atomic E-state index is 5.75. The first-order valence-corrected chi connectivity index (χ1v) is 5.28. The van der Waals surface area contributed by atoms with Gasteiger partial charge >= 0.3 is 0 Å². The first-order valence-electron chi connectivity index (χ1n) is 3.16. The van der Waals surface area contributed by atoms with Crippen molar-refractivity contribution in [1.29, 1.82) is 0 Å². The second kappa shape index (κ2) is 3.74. The lowest BCUT2D eigenvalue weighted by Gasteiger charge is -2.17. The minimum atomic E-state index is 0.0566. The lowest BCUT2D eigenvalue weighted by molar-refractivity contribution is 0.810. The van der Waals surface area contributed by atoms with Crippen LogP contribution in [0.25, 0.3) is 0 Å². The molecule has 1 heterocycles. The average Bonchev–Trinajstić information content (AvgIpc) is 2.39. The third kappa shape index (κ3) is 2.97. The molecule has 0 radical (unpaired) electrons. The van der Waals surface area contributed by atoms with Gasteiger partial charge in [0.15, 0.2) is 4.34 Å². The van der Waals surface area contributed by atoms with Gasteiger partial charge in [-0.25, -0.2) is 4.98 Å². The fourth-order valence-corrected chi connectivity index (χ4v) is 2.50. The molecule has 0 saturated carbocycles. The molecule has 0 amide bonds. The summed E-state index contributed by atoms with van der Waals surface area (Å²) in [5, 5.41) is 0. The molecule has 0 bridgehead atoms. The van der Waals surface area contributed by atoms with E-state index < -0.39 is 0 Å². The molecule has 0 saturated heterocycles. The van der Waals surface area contributed by atoms with E-state index in [9.17, 15) is 0 Å². The van der Waals surface area contributed by atoms with Crippen LogP contribution in [0.1, 0.15) is 13.8 Å². The molecule has 0 spiro atoms. The summed E-state index contributed by atoms with van der Waals surface area (Å²) in [5.41, 5.74) is 0. The first kappa shape index (κ1) is 9.29. The summed E-state index contributed by atoms with van der Waals surface area (Å²) < 4.78 is 4.95. The van der Waals surface area contributed by atoms with Crippen LogP contribution in [0.2, 0.25) is 0 Å². The van der Waals surface area contributed by atoms with Crippen LogP contribution in [0.5, 0.6) is 0 Å². The van der Waals surface area contributed by atoms with Crippen molar-refractivity contribution in [2.45, 2.75) is 22.9 Å². The highest BCUT2D eigenvalue weighted by atomic mass is 35.5. The summed E-state index contributed by atoms with van der Waals surface area (Å²) in [6, 6.07) is 0. The van der Waals surface area contributed by atoms with E-state index in [0.717, 1.165) is 4.34 Å². The Morgan fingerprint density at radius 2 is 2.45 bits per heavy atom. The smallest absolute Gasteiger partial charge is 0.170 e. The van der Waals surface area contributed by atoms with Crippen molar-refractivity contribution in [3.05, 3.63) is 6.33 Å². The summed E-state index contributed by atoms with van der Waals surface area (Å²) >= 11 is 8.82. The predicted molar refractivity (Wildman–Crippen MR) is 50.6 cm³/mol. The zero-order valence-electron chi connectivity index (χ0n) is 6.37. The molecule has 0 N–H and O–H groups in total. The van der Waals surface area contributed by atoms with Gasteiger partial charge in [-0.15, -0.1) is 11.6 Å². The van der Waals surface area contributed by atoms with Crippen LogP contribution in [-0.2, 0) is 0 Å². The van der Waals surface area contributed by atoms with E-state index in [1.807, 2.05) is 0 Å².